The van der Waals surface area contributed by atoms with Crippen molar-refractivity contribution >= 4 is 17.4 Å². The first kappa shape index (κ1) is 15.0. The van der Waals surface area contributed by atoms with Crippen molar-refractivity contribution in [3.05, 3.63) is 48.4 Å². The molecule has 1 fully saturated rings. The lowest BCUT2D eigenvalue weighted by Crippen LogP contribution is -2.38. The average molecular weight is 306 g/mol. The Bertz CT molecular complexity index is 715. The van der Waals surface area contributed by atoms with Gasteiger partial charge in [0.2, 0.25) is 5.91 Å². The minimum Gasteiger partial charge on any atom is -0.355 e. The molecule has 2 heterocycles. The molecule has 3 rings (SSSR count). The normalized spacial score (nSPS) is 15.0. The highest BCUT2D eigenvalue weighted by Gasteiger charge is 2.25. The van der Waals surface area contributed by atoms with E-state index in [1.165, 1.54) is 0 Å². The van der Waals surface area contributed by atoms with Gasteiger partial charge in [0, 0.05) is 42.7 Å². The number of amides is 1. The van der Waals surface area contributed by atoms with Crippen molar-refractivity contribution in [1.82, 2.24) is 9.97 Å². The van der Waals surface area contributed by atoms with Crippen LogP contribution in [0.3, 0.4) is 0 Å². The zero-order chi connectivity index (χ0) is 16.1. The predicted molar refractivity (Wildman–Crippen MR) is 90.0 cm³/mol. The lowest BCUT2D eigenvalue weighted by Gasteiger charge is -2.31. The molecule has 0 bridgehead atoms. The summed E-state index contributed by atoms with van der Waals surface area (Å²) in [5.41, 5.74) is 1.52. The number of terminal acetylenes is 1. The summed E-state index contributed by atoms with van der Waals surface area (Å²) in [4.78, 5) is 23.0. The Balaban J connectivity index is 1.57. The Hall–Kier alpha value is -2.87. The van der Waals surface area contributed by atoms with Crippen molar-refractivity contribution in [2.75, 3.05) is 23.3 Å². The van der Waals surface area contributed by atoms with E-state index in [1.54, 1.807) is 18.6 Å². The Kier molecular flexibility index (Phi) is 4.53. The third-order valence-corrected chi connectivity index (χ3v) is 4.04. The summed E-state index contributed by atoms with van der Waals surface area (Å²) in [6.45, 7) is 1.61. The summed E-state index contributed by atoms with van der Waals surface area (Å²) >= 11 is 0. The molecule has 0 aliphatic carbocycles. The summed E-state index contributed by atoms with van der Waals surface area (Å²) in [5.74, 6) is 3.51. The van der Waals surface area contributed by atoms with Gasteiger partial charge < -0.3 is 10.2 Å². The summed E-state index contributed by atoms with van der Waals surface area (Å²) in [6, 6.07) is 7.36. The largest absolute Gasteiger partial charge is 0.355 e. The minimum atomic E-state index is 0.0115. The molecule has 23 heavy (non-hydrogen) atoms. The Morgan fingerprint density at radius 3 is 2.83 bits per heavy atom. The molecule has 1 aromatic heterocycles. The van der Waals surface area contributed by atoms with Gasteiger partial charge in [-0.15, -0.1) is 6.42 Å². The quantitative estimate of drug-likeness (QED) is 0.884. The standard InChI is InChI=1S/C18H18N4O/c1-2-14-4-3-5-16(12-14)21-18(23)15-6-10-22(11-7-15)17-13-19-8-9-20-17/h1,3-5,8-9,12-13,15H,6-7,10-11H2,(H,21,23). The van der Waals surface area contributed by atoms with Crippen LogP contribution in [0.4, 0.5) is 11.5 Å². The van der Waals surface area contributed by atoms with E-state index in [0.717, 1.165) is 43.0 Å². The molecular weight excluding hydrogens is 288 g/mol. The van der Waals surface area contributed by atoms with E-state index in [4.69, 9.17) is 6.42 Å². The van der Waals surface area contributed by atoms with E-state index in [1.807, 2.05) is 24.3 Å². The number of carbonyl (C=O) groups is 1. The van der Waals surface area contributed by atoms with E-state index in [2.05, 4.69) is 26.1 Å². The third-order valence-electron chi connectivity index (χ3n) is 4.04. The molecule has 116 valence electrons. The molecule has 1 amide bonds. The Labute approximate surface area is 135 Å². The van der Waals surface area contributed by atoms with Crippen molar-refractivity contribution < 1.29 is 4.79 Å². The minimum absolute atomic E-state index is 0.0115. The number of nitrogens with one attached hydrogen (secondary N) is 1. The van der Waals surface area contributed by atoms with Gasteiger partial charge in [-0.25, -0.2) is 4.98 Å². The van der Waals surface area contributed by atoms with Crippen LogP contribution < -0.4 is 10.2 Å². The number of carbonyl (C=O) groups excluding carboxylic acids is 1. The van der Waals surface area contributed by atoms with Gasteiger partial charge in [-0.1, -0.05) is 12.0 Å². The number of nitrogens with zero attached hydrogens (tertiary/aromatic N) is 3. The summed E-state index contributed by atoms with van der Waals surface area (Å²) in [7, 11) is 0. The molecule has 1 aliphatic rings. The molecular formula is C18H18N4O. The number of hydrogen-bond donors (Lipinski definition) is 1. The molecule has 0 atom stereocenters. The maximum Gasteiger partial charge on any atom is 0.227 e. The summed E-state index contributed by atoms with van der Waals surface area (Å²) < 4.78 is 0. The monoisotopic (exact) mass is 306 g/mol. The van der Waals surface area contributed by atoms with Crippen molar-refractivity contribution in [3.8, 4) is 12.3 Å². The second kappa shape index (κ2) is 6.93. The van der Waals surface area contributed by atoms with Crippen LogP contribution in [0.25, 0.3) is 0 Å². The zero-order valence-corrected chi connectivity index (χ0v) is 12.8. The van der Waals surface area contributed by atoms with E-state index in [9.17, 15) is 4.79 Å². The first-order valence-corrected chi connectivity index (χ1v) is 7.65. The molecule has 1 N–H and O–H groups in total. The van der Waals surface area contributed by atoms with Crippen LogP contribution in [0.15, 0.2) is 42.9 Å². The Morgan fingerprint density at radius 2 is 2.13 bits per heavy atom. The lowest BCUT2D eigenvalue weighted by atomic mass is 9.96. The molecule has 1 saturated heterocycles. The van der Waals surface area contributed by atoms with E-state index in [-0.39, 0.29) is 11.8 Å². The van der Waals surface area contributed by atoms with Crippen molar-refractivity contribution in [3.63, 3.8) is 0 Å². The van der Waals surface area contributed by atoms with Gasteiger partial charge in [0.25, 0.3) is 0 Å². The molecule has 0 radical (unpaired) electrons. The maximum atomic E-state index is 12.4. The molecule has 1 aromatic carbocycles. The number of hydrogen-bond acceptors (Lipinski definition) is 4. The molecule has 0 spiro atoms. The first-order chi connectivity index (χ1) is 11.3. The maximum absolute atomic E-state index is 12.4. The fourth-order valence-electron chi connectivity index (χ4n) is 2.76. The van der Waals surface area contributed by atoms with E-state index >= 15 is 0 Å². The van der Waals surface area contributed by atoms with Gasteiger partial charge in [-0.2, -0.15) is 0 Å². The van der Waals surface area contributed by atoms with Gasteiger partial charge >= 0.3 is 0 Å². The number of benzene rings is 1. The molecule has 0 unspecified atom stereocenters. The van der Waals surface area contributed by atoms with Crippen LogP contribution in [-0.2, 0) is 4.79 Å². The van der Waals surface area contributed by atoms with Crippen LogP contribution >= 0.6 is 0 Å². The van der Waals surface area contributed by atoms with Crippen LogP contribution in [0, 0.1) is 18.3 Å². The van der Waals surface area contributed by atoms with Crippen LogP contribution in [-0.4, -0.2) is 29.0 Å². The van der Waals surface area contributed by atoms with Crippen LogP contribution in [0.2, 0.25) is 0 Å². The predicted octanol–water partition coefficient (Wildman–Crippen LogP) is 2.31. The van der Waals surface area contributed by atoms with Crippen molar-refractivity contribution in [2.45, 2.75) is 12.8 Å². The highest BCUT2D eigenvalue weighted by atomic mass is 16.1. The van der Waals surface area contributed by atoms with E-state index in [0.29, 0.717) is 0 Å². The van der Waals surface area contributed by atoms with E-state index < -0.39 is 0 Å². The smallest absolute Gasteiger partial charge is 0.227 e. The van der Waals surface area contributed by atoms with Crippen molar-refractivity contribution in [1.29, 1.82) is 0 Å². The number of aromatic nitrogens is 2. The van der Waals surface area contributed by atoms with Gasteiger partial charge in [0.05, 0.1) is 6.20 Å². The number of rotatable bonds is 3. The number of anilines is 2. The fourth-order valence-corrected chi connectivity index (χ4v) is 2.76. The summed E-state index contributed by atoms with van der Waals surface area (Å²) in [6.07, 6.45) is 12.1. The van der Waals surface area contributed by atoms with Crippen LogP contribution in [0.1, 0.15) is 18.4 Å². The number of piperidine rings is 1. The third kappa shape index (κ3) is 3.67. The van der Waals surface area contributed by atoms with Gasteiger partial charge in [-0.05, 0) is 31.0 Å². The Morgan fingerprint density at radius 1 is 1.30 bits per heavy atom. The topological polar surface area (TPSA) is 58.1 Å². The summed E-state index contributed by atoms with van der Waals surface area (Å²) in [5, 5.41) is 2.96. The fraction of sp³-hybridized carbons (Fsp3) is 0.278. The molecule has 5 nitrogen and oxygen atoms in total. The van der Waals surface area contributed by atoms with Crippen molar-refractivity contribution in [2.24, 2.45) is 5.92 Å². The van der Waals surface area contributed by atoms with Gasteiger partial charge in [-0.3, -0.25) is 9.78 Å². The highest BCUT2D eigenvalue weighted by molar-refractivity contribution is 5.92. The zero-order valence-electron chi connectivity index (χ0n) is 12.8. The molecule has 2 aromatic rings. The molecule has 0 saturated carbocycles. The van der Waals surface area contributed by atoms with Crippen LogP contribution in [0.5, 0.6) is 0 Å². The SMILES string of the molecule is C#Cc1cccc(NC(=O)C2CCN(c3cnccn3)CC2)c1. The molecule has 1 aliphatic heterocycles. The molecule has 5 heteroatoms. The highest BCUT2D eigenvalue weighted by Crippen LogP contribution is 2.22. The van der Waals surface area contributed by atoms with Gasteiger partial charge in [0.15, 0.2) is 0 Å². The average Bonchev–Trinajstić information content (AvgIpc) is 2.63. The lowest BCUT2D eigenvalue weighted by molar-refractivity contribution is -0.120. The van der Waals surface area contributed by atoms with Gasteiger partial charge in [0.1, 0.15) is 5.82 Å². The first-order valence-electron chi connectivity index (χ1n) is 7.65. The second-order valence-electron chi connectivity index (χ2n) is 5.54. The second-order valence-corrected chi connectivity index (χ2v) is 5.54.